The van der Waals surface area contributed by atoms with E-state index in [1.807, 2.05) is 18.3 Å². The SMILES string of the molecule is COc1ccnc(CN2CCC(N3CCO[C@@H](C)C3)CC2)c1. The number of hydrogen-bond acceptors (Lipinski definition) is 5. The van der Waals surface area contributed by atoms with Crippen molar-refractivity contribution in [2.24, 2.45) is 0 Å². The molecule has 0 saturated carbocycles. The molecule has 2 aliphatic heterocycles. The van der Waals surface area contributed by atoms with Crippen LogP contribution in [0, 0.1) is 0 Å². The molecule has 3 heterocycles. The number of hydrogen-bond donors (Lipinski definition) is 0. The number of piperidine rings is 1. The molecular formula is C17H27N3O2. The number of rotatable bonds is 4. The van der Waals surface area contributed by atoms with E-state index in [2.05, 4.69) is 21.7 Å². The minimum absolute atomic E-state index is 0.382. The van der Waals surface area contributed by atoms with Crippen LogP contribution in [0.3, 0.4) is 0 Å². The molecule has 0 spiro atoms. The van der Waals surface area contributed by atoms with Crippen molar-refractivity contribution in [3.8, 4) is 5.75 Å². The lowest BCUT2D eigenvalue weighted by molar-refractivity contribution is -0.0438. The molecule has 0 unspecified atom stereocenters. The summed E-state index contributed by atoms with van der Waals surface area (Å²) >= 11 is 0. The van der Waals surface area contributed by atoms with Gasteiger partial charge in [-0.1, -0.05) is 0 Å². The number of aromatic nitrogens is 1. The lowest BCUT2D eigenvalue weighted by Gasteiger charge is -2.41. The summed E-state index contributed by atoms with van der Waals surface area (Å²) in [4.78, 5) is 9.57. The molecule has 1 atom stereocenters. The molecule has 2 saturated heterocycles. The maximum atomic E-state index is 5.65. The fraction of sp³-hybridized carbons (Fsp3) is 0.706. The number of ether oxygens (including phenoxy) is 2. The molecule has 0 aliphatic carbocycles. The van der Waals surface area contributed by atoms with Gasteiger partial charge in [0.15, 0.2) is 0 Å². The van der Waals surface area contributed by atoms with Crippen molar-refractivity contribution in [2.75, 3.05) is 39.9 Å². The first-order chi connectivity index (χ1) is 10.7. The Morgan fingerprint density at radius 1 is 1.32 bits per heavy atom. The van der Waals surface area contributed by atoms with Crippen molar-refractivity contribution in [2.45, 2.75) is 38.5 Å². The van der Waals surface area contributed by atoms with Gasteiger partial charge in [0.05, 0.1) is 25.5 Å². The van der Waals surface area contributed by atoms with Crippen molar-refractivity contribution < 1.29 is 9.47 Å². The van der Waals surface area contributed by atoms with E-state index in [0.717, 1.165) is 56.8 Å². The molecular weight excluding hydrogens is 278 g/mol. The van der Waals surface area contributed by atoms with Crippen LogP contribution in [-0.4, -0.2) is 66.8 Å². The molecule has 0 bridgehead atoms. The van der Waals surface area contributed by atoms with Gasteiger partial charge in [0.2, 0.25) is 0 Å². The van der Waals surface area contributed by atoms with Crippen molar-refractivity contribution in [1.82, 2.24) is 14.8 Å². The normalized spacial score (nSPS) is 25.3. The monoisotopic (exact) mass is 305 g/mol. The molecule has 2 fully saturated rings. The van der Waals surface area contributed by atoms with Gasteiger partial charge in [0.1, 0.15) is 5.75 Å². The summed E-state index contributed by atoms with van der Waals surface area (Å²) in [7, 11) is 1.70. The minimum atomic E-state index is 0.382. The zero-order chi connectivity index (χ0) is 15.4. The summed E-state index contributed by atoms with van der Waals surface area (Å²) in [5, 5.41) is 0. The van der Waals surface area contributed by atoms with Gasteiger partial charge >= 0.3 is 0 Å². The highest BCUT2D eigenvalue weighted by atomic mass is 16.5. The fourth-order valence-electron chi connectivity index (χ4n) is 3.52. The Bertz CT molecular complexity index is 475. The van der Waals surface area contributed by atoms with Crippen molar-refractivity contribution in [1.29, 1.82) is 0 Å². The molecule has 1 aromatic heterocycles. The zero-order valence-corrected chi connectivity index (χ0v) is 13.7. The molecule has 3 rings (SSSR count). The van der Waals surface area contributed by atoms with E-state index in [9.17, 15) is 0 Å². The Balaban J connectivity index is 1.49. The summed E-state index contributed by atoms with van der Waals surface area (Å²) in [5.41, 5.74) is 1.10. The molecule has 0 amide bonds. The Labute approximate surface area is 133 Å². The standard InChI is InChI=1S/C17H27N3O2/c1-14-12-20(9-10-22-14)16-4-7-19(8-5-16)13-15-11-17(21-2)3-6-18-15/h3,6,11,14,16H,4-5,7-10,12-13H2,1-2H3/t14-/m0/s1. The van der Waals surface area contributed by atoms with Gasteiger partial charge < -0.3 is 9.47 Å². The second-order valence-corrected chi connectivity index (χ2v) is 6.37. The first-order valence-electron chi connectivity index (χ1n) is 8.31. The minimum Gasteiger partial charge on any atom is -0.497 e. The van der Waals surface area contributed by atoms with Crippen LogP contribution in [0.4, 0.5) is 0 Å². The zero-order valence-electron chi connectivity index (χ0n) is 13.7. The third-order valence-electron chi connectivity index (χ3n) is 4.76. The van der Waals surface area contributed by atoms with Crippen LogP contribution < -0.4 is 4.74 Å². The van der Waals surface area contributed by atoms with E-state index in [4.69, 9.17) is 9.47 Å². The maximum absolute atomic E-state index is 5.65. The summed E-state index contributed by atoms with van der Waals surface area (Å²) in [5.74, 6) is 0.891. The molecule has 122 valence electrons. The van der Waals surface area contributed by atoms with Crippen LogP contribution in [0.15, 0.2) is 18.3 Å². The number of morpholine rings is 1. The fourth-order valence-corrected chi connectivity index (χ4v) is 3.52. The lowest BCUT2D eigenvalue weighted by atomic mass is 10.0. The van der Waals surface area contributed by atoms with E-state index in [0.29, 0.717) is 6.10 Å². The third kappa shape index (κ3) is 3.97. The van der Waals surface area contributed by atoms with Gasteiger partial charge in [-0.3, -0.25) is 14.8 Å². The topological polar surface area (TPSA) is 37.8 Å². The number of pyridine rings is 1. The van der Waals surface area contributed by atoms with E-state index in [-0.39, 0.29) is 0 Å². The van der Waals surface area contributed by atoms with Crippen molar-refractivity contribution >= 4 is 0 Å². The molecule has 22 heavy (non-hydrogen) atoms. The Morgan fingerprint density at radius 2 is 2.14 bits per heavy atom. The van der Waals surface area contributed by atoms with E-state index in [1.165, 1.54) is 12.8 Å². The predicted octanol–water partition coefficient (Wildman–Crippen LogP) is 1.78. The summed E-state index contributed by atoms with van der Waals surface area (Å²) in [6, 6.07) is 4.66. The Morgan fingerprint density at radius 3 is 2.86 bits per heavy atom. The summed E-state index contributed by atoms with van der Waals surface area (Å²) in [6.45, 7) is 8.45. The average molecular weight is 305 g/mol. The highest BCUT2D eigenvalue weighted by molar-refractivity contribution is 5.22. The van der Waals surface area contributed by atoms with Crippen LogP contribution in [0.5, 0.6) is 5.75 Å². The molecule has 0 aromatic carbocycles. The smallest absolute Gasteiger partial charge is 0.122 e. The quantitative estimate of drug-likeness (QED) is 0.847. The van der Waals surface area contributed by atoms with E-state index in [1.54, 1.807) is 7.11 Å². The highest BCUT2D eigenvalue weighted by Crippen LogP contribution is 2.21. The summed E-state index contributed by atoms with van der Waals surface area (Å²) in [6.07, 6.45) is 4.71. The van der Waals surface area contributed by atoms with Gasteiger partial charge in [-0.05, 0) is 25.8 Å². The van der Waals surface area contributed by atoms with Crippen LogP contribution in [0.1, 0.15) is 25.5 Å². The number of nitrogens with zero attached hydrogens (tertiary/aromatic N) is 3. The molecule has 1 aromatic rings. The van der Waals surface area contributed by atoms with Crippen molar-refractivity contribution in [3.63, 3.8) is 0 Å². The van der Waals surface area contributed by atoms with Crippen LogP contribution in [0.25, 0.3) is 0 Å². The first kappa shape index (κ1) is 15.7. The van der Waals surface area contributed by atoms with E-state index >= 15 is 0 Å². The molecule has 2 aliphatic rings. The predicted molar refractivity (Wildman–Crippen MR) is 86.1 cm³/mol. The molecule has 5 nitrogen and oxygen atoms in total. The second kappa shape index (κ2) is 7.40. The number of likely N-dealkylation sites (tertiary alicyclic amines) is 1. The van der Waals surface area contributed by atoms with Crippen LogP contribution in [-0.2, 0) is 11.3 Å². The molecule has 5 heteroatoms. The van der Waals surface area contributed by atoms with Gasteiger partial charge in [-0.2, -0.15) is 0 Å². The maximum Gasteiger partial charge on any atom is 0.122 e. The Hall–Kier alpha value is -1.17. The molecule has 0 radical (unpaired) electrons. The lowest BCUT2D eigenvalue weighted by Crippen LogP contribution is -2.50. The van der Waals surface area contributed by atoms with Crippen molar-refractivity contribution in [3.05, 3.63) is 24.0 Å². The first-order valence-corrected chi connectivity index (χ1v) is 8.31. The summed E-state index contributed by atoms with van der Waals surface area (Å²) < 4.78 is 10.9. The Kier molecular flexibility index (Phi) is 5.28. The van der Waals surface area contributed by atoms with Gasteiger partial charge in [-0.15, -0.1) is 0 Å². The molecule has 0 N–H and O–H groups in total. The average Bonchev–Trinajstić information content (AvgIpc) is 2.56. The number of methoxy groups -OCH3 is 1. The third-order valence-corrected chi connectivity index (χ3v) is 4.76. The van der Waals surface area contributed by atoms with Crippen LogP contribution in [0.2, 0.25) is 0 Å². The second-order valence-electron chi connectivity index (χ2n) is 6.37. The van der Waals surface area contributed by atoms with Crippen LogP contribution >= 0.6 is 0 Å². The largest absolute Gasteiger partial charge is 0.497 e. The van der Waals surface area contributed by atoms with Gasteiger partial charge in [0, 0.05) is 51.0 Å². The highest BCUT2D eigenvalue weighted by Gasteiger charge is 2.27. The van der Waals surface area contributed by atoms with Gasteiger partial charge in [0.25, 0.3) is 0 Å². The van der Waals surface area contributed by atoms with E-state index < -0.39 is 0 Å². The van der Waals surface area contributed by atoms with Gasteiger partial charge in [-0.25, -0.2) is 0 Å².